The smallest absolute Gasteiger partial charge is 0.327 e. The molecule has 138 valence electrons. The van der Waals surface area contributed by atoms with E-state index < -0.39 is 37.0 Å². The van der Waals surface area contributed by atoms with Crippen LogP contribution in [0.1, 0.15) is 10.4 Å². The molecule has 10 nitrogen and oxygen atoms in total. The first-order valence-electron chi connectivity index (χ1n) is 7.65. The standard InChI is InChI=1S/C16H18N4O6/c1-17-15(24)10-3-5-11(6-4-10)18-12(21)9-26-14(23)8-20-13(22)7-19(2)16(20)25/h3-6H,7-9H2,1-2H3,(H,17,24)(H,18,21). The van der Waals surface area contributed by atoms with Gasteiger partial charge in [-0.05, 0) is 24.3 Å². The number of likely N-dealkylation sites (N-methyl/N-ethyl adjacent to an activating group) is 1. The average Bonchev–Trinajstić information content (AvgIpc) is 2.86. The molecular formula is C16H18N4O6. The summed E-state index contributed by atoms with van der Waals surface area (Å²) in [6.07, 6.45) is 0. The number of nitrogens with one attached hydrogen (secondary N) is 2. The Balaban J connectivity index is 1.79. The number of benzene rings is 1. The predicted molar refractivity (Wildman–Crippen MR) is 89.2 cm³/mol. The molecule has 1 fully saturated rings. The van der Waals surface area contributed by atoms with E-state index in [9.17, 15) is 24.0 Å². The number of hydrogen-bond donors (Lipinski definition) is 2. The van der Waals surface area contributed by atoms with Gasteiger partial charge in [0.25, 0.3) is 17.7 Å². The molecule has 1 aliphatic heterocycles. The van der Waals surface area contributed by atoms with Crippen molar-refractivity contribution in [1.82, 2.24) is 15.1 Å². The lowest BCUT2D eigenvalue weighted by molar-refractivity contribution is -0.149. The fraction of sp³-hybridized carbons (Fsp3) is 0.312. The van der Waals surface area contributed by atoms with Gasteiger partial charge in [0.15, 0.2) is 6.61 Å². The van der Waals surface area contributed by atoms with Crippen molar-refractivity contribution in [2.75, 3.05) is 39.1 Å². The van der Waals surface area contributed by atoms with E-state index in [1.807, 2.05) is 0 Å². The molecule has 0 saturated carbocycles. The van der Waals surface area contributed by atoms with Crippen LogP contribution in [0.2, 0.25) is 0 Å². The van der Waals surface area contributed by atoms with Crippen molar-refractivity contribution >= 4 is 35.4 Å². The molecular weight excluding hydrogens is 344 g/mol. The highest BCUT2D eigenvalue weighted by Crippen LogP contribution is 2.10. The molecule has 1 saturated heterocycles. The molecule has 1 aromatic rings. The summed E-state index contributed by atoms with van der Waals surface area (Å²) in [5, 5.41) is 4.97. The summed E-state index contributed by atoms with van der Waals surface area (Å²) in [5.74, 6) is -2.22. The summed E-state index contributed by atoms with van der Waals surface area (Å²) in [5.41, 5.74) is 0.854. The molecule has 0 bridgehead atoms. The second-order valence-corrected chi connectivity index (χ2v) is 5.48. The summed E-state index contributed by atoms with van der Waals surface area (Å²) < 4.78 is 4.77. The van der Waals surface area contributed by atoms with Crippen molar-refractivity contribution in [3.05, 3.63) is 29.8 Å². The maximum Gasteiger partial charge on any atom is 0.327 e. The third-order valence-corrected chi connectivity index (χ3v) is 3.54. The van der Waals surface area contributed by atoms with Crippen molar-refractivity contribution in [3.63, 3.8) is 0 Å². The molecule has 1 heterocycles. The highest BCUT2D eigenvalue weighted by molar-refractivity contribution is 6.04. The van der Waals surface area contributed by atoms with Gasteiger partial charge in [0.2, 0.25) is 0 Å². The number of urea groups is 1. The maximum absolute atomic E-state index is 11.8. The van der Waals surface area contributed by atoms with Gasteiger partial charge in [-0.1, -0.05) is 0 Å². The highest BCUT2D eigenvalue weighted by atomic mass is 16.5. The Labute approximate surface area is 149 Å². The van der Waals surface area contributed by atoms with E-state index in [4.69, 9.17) is 4.74 Å². The topological polar surface area (TPSA) is 125 Å². The zero-order valence-corrected chi connectivity index (χ0v) is 14.3. The molecule has 0 spiro atoms. The van der Waals surface area contributed by atoms with Gasteiger partial charge in [-0.15, -0.1) is 0 Å². The molecule has 1 aliphatic rings. The van der Waals surface area contributed by atoms with E-state index in [-0.39, 0.29) is 12.5 Å². The van der Waals surface area contributed by atoms with Crippen LogP contribution in [-0.4, -0.2) is 73.3 Å². The van der Waals surface area contributed by atoms with Gasteiger partial charge >= 0.3 is 12.0 Å². The molecule has 2 rings (SSSR count). The normalized spacial score (nSPS) is 13.6. The SMILES string of the molecule is CNC(=O)c1ccc(NC(=O)COC(=O)CN2C(=O)CN(C)C2=O)cc1. The van der Waals surface area contributed by atoms with Gasteiger partial charge in [-0.3, -0.25) is 24.1 Å². The molecule has 0 aromatic heterocycles. The number of carbonyl (C=O) groups excluding carboxylic acids is 5. The predicted octanol–water partition coefficient (Wildman–Crippen LogP) is -0.578. The number of nitrogens with zero attached hydrogens (tertiary/aromatic N) is 2. The van der Waals surface area contributed by atoms with Crippen LogP contribution in [0.15, 0.2) is 24.3 Å². The molecule has 5 amide bonds. The molecule has 10 heteroatoms. The minimum atomic E-state index is -0.868. The summed E-state index contributed by atoms with van der Waals surface area (Å²) in [4.78, 5) is 60.0. The zero-order chi connectivity index (χ0) is 19.3. The lowest BCUT2D eigenvalue weighted by Gasteiger charge is -2.13. The Hall–Kier alpha value is -3.43. The Morgan fingerprint density at radius 3 is 2.35 bits per heavy atom. The van der Waals surface area contributed by atoms with Crippen LogP contribution >= 0.6 is 0 Å². The van der Waals surface area contributed by atoms with Crippen LogP contribution in [0.5, 0.6) is 0 Å². The number of rotatable bonds is 6. The van der Waals surface area contributed by atoms with Crippen molar-refractivity contribution in [2.45, 2.75) is 0 Å². The lowest BCUT2D eigenvalue weighted by atomic mass is 10.2. The molecule has 0 radical (unpaired) electrons. The van der Waals surface area contributed by atoms with Crippen LogP contribution < -0.4 is 10.6 Å². The first-order valence-corrected chi connectivity index (χ1v) is 7.65. The Bertz CT molecular complexity index is 746. The molecule has 1 aromatic carbocycles. The fourth-order valence-corrected chi connectivity index (χ4v) is 2.19. The van der Waals surface area contributed by atoms with Gasteiger partial charge < -0.3 is 20.3 Å². The third-order valence-electron chi connectivity index (χ3n) is 3.54. The minimum Gasteiger partial charge on any atom is -0.454 e. The summed E-state index contributed by atoms with van der Waals surface area (Å²) in [6, 6.07) is 5.53. The summed E-state index contributed by atoms with van der Waals surface area (Å²) >= 11 is 0. The monoisotopic (exact) mass is 362 g/mol. The van der Waals surface area contributed by atoms with E-state index in [2.05, 4.69) is 10.6 Å². The molecule has 0 atom stereocenters. The van der Waals surface area contributed by atoms with Crippen LogP contribution in [0.4, 0.5) is 10.5 Å². The maximum atomic E-state index is 11.8. The van der Waals surface area contributed by atoms with Crippen LogP contribution in [0.25, 0.3) is 0 Å². The van der Waals surface area contributed by atoms with E-state index in [0.29, 0.717) is 11.3 Å². The van der Waals surface area contributed by atoms with E-state index in [0.717, 1.165) is 4.90 Å². The van der Waals surface area contributed by atoms with Gasteiger partial charge in [-0.2, -0.15) is 0 Å². The van der Waals surface area contributed by atoms with E-state index in [1.165, 1.54) is 43.3 Å². The van der Waals surface area contributed by atoms with Gasteiger partial charge in [0.1, 0.15) is 13.1 Å². The van der Waals surface area contributed by atoms with E-state index >= 15 is 0 Å². The number of ether oxygens (including phenoxy) is 1. The number of carbonyl (C=O) groups is 5. The van der Waals surface area contributed by atoms with Gasteiger partial charge in [-0.25, -0.2) is 4.79 Å². The quantitative estimate of drug-likeness (QED) is 0.515. The first-order chi connectivity index (χ1) is 12.3. The highest BCUT2D eigenvalue weighted by Gasteiger charge is 2.35. The Morgan fingerprint density at radius 2 is 1.81 bits per heavy atom. The summed E-state index contributed by atoms with van der Waals surface area (Å²) in [6.45, 7) is -1.21. The first kappa shape index (κ1) is 18.9. The van der Waals surface area contributed by atoms with Crippen molar-refractivity contribution in [2.24, 2.45) is 0 Å². The second kappa shape index (κ2) is 8.10. The number of anilines is 1. The summed E-state index contributed by atoms with van der Waals surface area (Å²) in [7, 11) is 2.95. The fourth-order valence-electron chi connectivity index (χ4n) is 2.19. The zero-order valence-electron chi connectivity index (χ0n) is 14.3. The Morgan fingerprint density at radius 1 is 1.15 bits per heavy atom. The number of imide groups is 1. The molecule has 26 heavy (non-hydrogen) atoms. The second-order valence-electron chi connectivity index (χ2n) is 5.48. The minimum absolute atomic E-state index is 0.0986. The molecule has 0 aliphatic carbocycles. The van der Waals surface area contributed by atoms with Crippen molar-refractivity contribution < 1.29 is 28.7 Å². The van der Waals surface area contributed by atoms with Gasteiger partial charge in [0.05, 0.1) is 0 Å². The van der Waals surface area contributed by atoms with E-state index in [1.54, 1.807) is 0 Å². The van der Waals surface area contributed by atoms with Crippen LogP contribution in [0.3, 0.4) is 0 Å². The number of hydrogen-bond acceptors (Lipinski definition) is 6. The number of amides is 5. The third kappa shape index (κ3) is 4.56. The Kier molecular flexibility index (Phi) is 5.89. The average molecular weight is 362 g/mol. The van der Waals surface area contributed by atoms with Crippen molar-refractivity contribution in [1.29, 1.82) is 0 Å². The number of esters is 1. The van der Waals surface area contributed by atoms with Crippen LogP contribution in [0, 0.1) is 0 Å². The van der Waals surface area contributed by atoms with Gasteiger partial charge in [0, 0.05) is 25.3 Å². The lowest BCUT2D eigenvalue weighted by Crippen LogP contribution is -2.37. The van der Waals surface area contributed by atoms with Crippen LogP contribution in [-0.2, 0) is 19.1 Å². The largest absolute Gasteiger partial charge is 0.454 e. The van der Waals surface area contributed by atoms with Crippen molar-refractivity contribution in [3.8, 4) is 0 Å². The molecule has 2 N–H and O–H groups in total. The molecule has 0 unspecified atom stereocenters.